The number of halogens is 1. The number of fused-ring (bicyclic) bond motifs is 1. The molecule has 2 aliphatic carbocycles. The molecule has 0 heterocycles. The summed E-state index contributed by atoms with van der Waals surface area (Å²) in [6, 6.07) is 6.86. The highest BCUT2D eigenvalue weighted by molar-refractivity contribution is 7.86. The predicted octanol–water partition coefficient (Wildman–Crippen LogP) is 2.46. The van der Waals surface area contributed by atoms with Crippen LogP contribution in [0.1, 0.15) is 30.1 Å². The highest BCUT2D eigenvalue weighted by Gasteiger charge is 2.58. The van der Waals surface area contributed by atoms with Crippen molar-refractivity contribution in [2.45, 2.75) is 31.9 Å². The Morgan fingerprint density at radius 2 is 1.83 bits per heavy atom. The SMILES string of the molecule is CC(NC(=O)c1ccc(Cl)cc1)C1[C@H]2CC(OS(C)(=O)=O)C[C@@H]12. The van der Waals surface area contributed by atoms with Gasteiger partial charge in [0.05, 0.1) is 12.4 Å². The molecule has 0 aromatic heterocycles. The molecule has 0 aliphatic heterocycles. The molecule has 5 nitrogen and oxygen atoms in total. The van der Waals surface area contributed by atoms with Gasteiger partial charge in [0.15, 0.2) is 0 Å². The lowest BCUT2D eigenvalue weighted by Gasteiger charge is -2.19. The van der Waals surface area contributed by atoms with E-state index in [0.717, 1.165) is 19.1 Å². The highest BCUT2D eigenvalue weighted by Crippen LogP contribution is 2.59. The molecule has 5 atom stereocenters. The van der Waals surface area contributed by atoms with Gasteiger partial charge in [-0.3, -0.25) is 8.98 Å². The Labute approximate surface area is 141 Å². The third kappa shape index (κ3) is 3.87. The number of carbonyl (C=O) groups excluding carboxylic acids is 1. The molecule has 1 amide bonds. The topological polar surface area (TPSA) is 72.5 Å². The van der Waals surface area contributed by atoms with Crippen molar-refractivity contribution in [1.29, 1.82) is 0 Å². The molecule has 0 bridgehead atoms. The molecule has 1 aromatic carbocycles. The van der Waals surface area contributed by atoms with Crippen molar-refractivity contribution in [2.24, 2.45) is 17.8 Å². The van der Waals surface area contributed by atoms with E-state index in [0.29, 0.717) is 28.3 Å². The van der Waals surface area contributed by atoms with Crippen molar-refractivity contribution in [1.82, 2.24) is 5.32 Å². The van der Waals surface area contributed by atoms with Crippen LogP contribution in [0.3, 0.4) is 0 Å². The van der Waals surface area contributed by atoms with Crippen LogP contribution in [0.25, 0.3) is 0 Å². The zero-order valence-electron chi connectivity index (χ0n) is 13.0. The molecular formula is C16H20ClNO4S. The highest BCUT2D eigenvalue weighted by atomic mass is 35.5. The summed E-state index contributed by atoms with van der Waals surface area (Å²) in [6.45, 7) is 2.00. The Hall–Kier alpha value is -1.11. The van der Waals surface area contributed by atoms with Crippen LogP contribution in [-0.2, 0) is 14.3 Å². The second-order valence-electron chi connectivity index (χ2n) is 6.57. The van der Waals surface area contributed by atoms with Gasteiger partial charge in [-0.25, -0.2) is 0 Å². The lowest BCUT2D eigenvalue weighted by molar-refractivity contribution is 0.0931. The van der Waals surface area contributed by atoms with Crippen molar-refractivity contribution in [3.63, 3.8) is 0 Å². The number of hydrogen-bond acceptors (Lipinski definition) is 4. The summed E-state index contributed by atoms with van der Waals surface area (Å²) in [6.07, 6.45) is 2.40. The molecule has 7 heteroatoms. The van der Waals surface area contributed by atoms with Crippen molar-refractivity contribution >= 4 is 27.6 Å². The van der Waals surface area contributed by atoms with E-state index in [4.69, 9.17) is 15.8 Å². The first-order valence-corrected chi connectivity index (χ1v) is 9.89. The smallest absolute Gasteiger partial charge is 0.264 e. The van der Waals surface area contributed by atoms with Gasteiger partial charge in [0, 0.05) is 16.6 Å². The molecule has 2 fully saturated rings. The van der Waals surface area contributed by atoms with Crippen LogP contribution < -0.4 is 5.32 Å². The molecule has 2 aliphatic rings. The summed E-state index contributed by atoms with van der Waals surface area (Å²) in [4.78, 5) is 12.2. The van der Waals surface area contributed by atoms with E-state index >= 15 is 0 Å². The van der Waals surface area contributed by atoms with Crippen molar-refractivity contribution < 1.29 is 17.4 Å². The number of nitrogens with one attached hydrogen (secondary N) is 1. The standard InChI is InChI=1S/C16H20ClNO4S/c1-9(18-16(19)10-3-5-11(17)6-4-10)15-13-7-12(8-14(13)15)22-23(2,20)21/h3-6,9,12-15H,7-8H2,1-2H3,(H,18,19)/t9?,12?,13-,14+,15?. The van der Waals surface area contributed by atoms with Crippen LogP contribution in [-0.4, -0.2) is 32.7 Å². The molecule has 0 saturated heterocycles. The Morgan fingerprint density at radius 1 is 1.26 bits per heavy atom. The van der Waals surface area contributed by atoms with Crippen LogP contribution in [0.4, 0.5) is 0 Å². The molecular weight excluding hydrogens is 338 g/mol. The fourth-order valence-corrected chi connectivity index (χ4v) is 4.67. The van der Waals surface area contributed by atoms with Crippen molar-refractivity contribution in [2.75, 3.05) is 6.26 Å². The van der Waals surface area contributed by atoms with Crippen molar-refractivity contribution in [3.05, 3.63) is 34.9 Å². The maximum absolute atomic E-state index is 12.2. The lowest BCUT2D eigenvalue weighted by atomic mass is 10.0. The average molecular weight is 358 g/mol. The number of carbonyl (C=O) groups is 1. The molecule has 2 saturated carbocycles. The van der Waals surface area contributed by atoms with Crippen LogP contribution >= 0.6 is 11.6 Å². The second-order valence-corrected chi connectivity index (χ2v) is 8.60. The summed E-state index contributed by atoms with van der Waals surface area (Å²) >= 11 is 5.82. The maximum atomic E-state index is 12.2. The van der Waals surface area contributed by atoms with Gasteiger partial charge in [-0.05, 0) is 61.8 Å². The van der Waals surface area contributed by atoms with E-state index in [2.05, 4.69) is 5.32 Å². The fraction of sp³-hybridized carbons (Fsp3) is 0.562. The van der Waals surface area contributed by atoms with E-state index in [1.807, 2.05) is 6.92 Å². The van der Waals surface area contributed by atoms with Gasteiger partial charge >= 0.3 is 0 Å². The summed E-state index contributed by atoms with van der Waals surface area (Å²) in [5.41, 5.74) is 0.588. The van der Waals surface area contributed by atoms with Gasteiger partial charge in [-0.2, -0.15) is 8.42 Å². The molecule has 3 rings (SSSR count). The van der Waals surface area contributed by atoms with E-state index in [1.54, 1.807) is 24.3 Å². The summed E-state index contributed by atoms with van der Waals surface area (Å²) in [5, 5.41) is 3.63. The van der Waals surface area contributed by atoms with Gasteiger partial charge in [0.1, 0.15) is 0 Å². The van der Waals surface area contributed by atoms with Crippen LogP contribution in [0.2, 0.25) is 5.02 Å². The molecule has 1 aromatic rings. The second kappa shape index (κ2) is 6.07. The number of amides is 1. The Bertz CT molecular complexity index is 691. The monoisotopic (exact) mass is 357 g/mol. The molecule has 23 heavy (non-hydrogen) atoms. The van der Waals surface area contributed by atoms with Gasteiger partial charge in [-0.15, -0.1) is 0 Å². The molecule has 126 valence electrons. The van der Waals surface area contributed by atoms with E-state index in [9.17, 15) is 13.2 Å². The van der Waals surface area contributed by atoms with Gasteiger partial charge in [0.25, 0.3) is 16.0 Å². The third-order valence-corrected chi connectivity index (χ3v) is 5.70. The zero-order valence-corrected chi connectivity index (χ0v) is 14.6. The minimum Gasteiger partial charge on any atom is -0.349 e. The van der Waals surface area contributed by atoms with Gasteiger partial charge < -0.3 is 5.32 Å². The van der Waals surface area contributed by atoms with Crippen LogP contribution in [0, 0.1) is 17.8 Å². The summed E-state index contributed by atoms with van der Waals surface area (Å²) < 4.78 is 27.4. The van der Waals surface area contributed by atoms with Crippen LogP contribution in [0.15, 0.2) is 24.3 Å². The first kappa shape index (κ1) is 16.7. The quantitative estimate of drug-likeness (QED) is 0.821. The fourth-order valence-electron chi connectivity index (χ4n) is 3.90. The number of rotatable bonds is 5. The summed E-state index contributed by atoms with van der Waals surface area (Å²) in [5.74, 6) is 1.19. The minimum absolute atomic E-state index is 0.0624. The molecule has 3 unspecified atom stereocenters. The van der Waals surface area contributed by atoms with E-state index < -0.39 is 10.1 Å². The van der Waals surface area contributed by atoms with E-state index in [-0.39, 0.29) is 18.1 Å². The van der Waals surface area contributed by atoms with E-state index in [1.165, 1.54) is 0 Å². The van der Waals surface area contributed by atoms with Crippen LogP contribution in [0.5, 0.6) is 0 Å². The first-order chi connectivity index (χ1) is 10.7. The zero-order chi connectivity index (χ0) is 16.8. The predicted molar refractivity (Wildman–Crippen MR) is 87.8 cm³/mol. The summed E-state index contributed by atoms with van der Waals surface area (Å²) in [7, 11) is -3.39. The normalized spacial score (nSPS) is 30.6. The Balaban J connectivity index is 1.51. The average Bonchev–Trinajstić information content (AvgIpc) is 2.95. The van der Waals surface area contributed by atoms with Gasteiger partial charge in [0.2, 0.25) is 0 Å². The van der Waals surface area contributed by atoms with Gasteiger partial charge in [-0.1, -0.05) is 11.6 Å². The maximum Gasteiger partial charge on any atom is 0.264 e. The molecule has 0 spiro atoms. The largest absolute Gasteiger partial charge is 0.349 e. The first-order valence-electron chi connectivity index (χ1n) is 7.69. The van der Waals surface area contributed by atoms with Crippen molar-refractivity contribution in [3.8, 4) is 0 Å². The number of hydrogen-bond donors (Lipinski definition) is 1. The minimum atomic E-state index is -3.39. The molecule has 1 N–H and O–H groups in total. The lowest BCUT2D eigenvalue weighted by Crippen LogP contribution is -2.35. The number of benzene rings is 1. The Kier molecular flexibility index (Phi) is 4.42. The molecule has 0 radical (unpaired) electrons. The third-order valence-electron chi connectivity index (χ3n) is 4.82. The Morgan fingerprint density at radius 3 is 2.35 bits per heavy atom.